The molecule has 0 aliphatic carbocycles. The van der Waals surface area contributed by atoms with Gasteiger partial charge >= 0.3 is 6.29 Å². The lowest BCUT2D eigenvalue weighted by molar-refractivity contribution is -0.286. The minimum Gasteiger partial charge on any atom is -0.489 e. The fraction of sp³-hybridized carbons (Fsp3) is 0.105. The van der Waals surface area contributed by atoms with Crippen LogP contribution in [0.1, 0.15) is 16.1 Å². The van der Waals surface area contributed by atoms with Crippen LogP contribution in [-0.4, -0.2) is 12.2 Å². The van der Waals surface area contributed by atoms with Gasteiger partial charge in [-0.1, -0.05) is 18.2 Å². The first kappa shape index (κ1) is 16.9. The molecule has 1 aliphatic rings. The molecule has 0 saturated carbocycles. The molecule has 0 atom stereocenters. The fourth-order valence-electron chi connectivity index (χ4n) is 2.54. The van der Waals surface area contributed by atoms with Gasteiger partial charge in [-0.25, -0.2) is 0 Å². The second-order valence-corrected chi connectivity index (χ2v) is 5.66. The fourth-order valence-corrected chi connectivity index (χ4v) is 2.54. The highest BCUT2D eigenvalue weighted by Gasteiger charge is 2.43. The van der Waals surface area contributed by atoms with Crippen molar-refractivity contribution >= 4 is 11.6 Å². The zero-order valence-electron chi connectivity index (χ0n) is 13.8. The quantitative estimate of drug-likeness (QED) is 0.716. The molecule has 1 N–H and O–H groups in total. The molecule has 0 bridgehead atoms. The molecule has 1 aliphatic heterocycles. The summed E-state index contributed by atoms with van der Waals surface area (Å²) in [6.07, 6.45) is -2.34. The van der Waals surface area contributed by atoms with E-state index in [-0.39, 0.29) is 29.6 Å². The monoisotopic (exact) mass is 373 g/mol. The third-order valence-electron chi connectivity index (χ3n) is 3.75. The molecular weight excluding hydrogens is 360 g/mol. The number of fused-ring (bicyclic) bond motifs is 1. The number of carbonyl (C=O) groups is 1. The largest absolute Gasteiger partial charge is 0.586 e. The molecule has 0 saturated heterocycles. The molecule has 2 aromatic carbocycles. The lowest BCUT2D eigenvalue weighted by Gasteiger charge is -2.07. The van der Waals surface area contributed by atoms with Crippen molar-refractivity contribution in [2.24, 2.45) is 0 Å². The van der Waals surface area contributed by atoms with E-state index >= 15 is 0 Å². The number of amides is 1. The molecule has 138 valence electrons. The number of alkyl halides is 2. The minimum absolute atomic E-state index is 0.0638. The van der Waals surface area contributed by atoms with E-state index in [0.717, 1.165) is 0 Å². The van der Waals surface area contributed by atoms with Crippen LogP contribution in [0.15, 0.2) is 65.3 Å². The summed E-state index contributed by atoms with van der Waals surface area (Å²) in [7, 11) is 0. The van der Waals surface area contributed by atoms with Crippen LogP contribution in [0, 0.1) is 0 Å². The van der Waals surface area contributed by atoms with Gasteiger partial charge in [0, 0.05) is 17.3 Å². The molecule has 1 amide bonds. The number of furan rings is 1. The van der Waals surface area contributed by atoms with Crippen molar-refractivity contribution in [3.63, 3.8) is 0 Å². The van der Waals surface area contributed by atoms with Gasteiger partial charge in [0.25, 0.3) is 5.91 Å². The van der Waals surface area contributed by atoms with Crippen LogP contribution < -0.4 is 19.5 Å². The van der Waals surface area contributed by atoms with Gasteiger partial charge in [-0.3, -0.25) is 4.79 Å². The van der Waals surface area contributed by atoms with Gasteiger partial charge in [0.05, 0.1) is 6.26 Å². The number of carbonyl (C=O) groups excluding carboxylic acids is 1. The van der Waals surface area contributed by atoms with Crippen LogP contribution >= 0.6 is 0 Å². The van der Waals surface area contributed by atoms with Crippen molar-refractivity contribution < 1.29 is 32.2 Å². The molecule has 0 unspecified atom stereocenters. The van der Waals surface area contributed by atoms with Crippen molar-refractivity contribution in [2.45, 2.75) is 12.9 Å². The van der Waals surface area contributed by atoms with E-state index in [1.165, 1.54) is 24.5 Å². The molecule has 0 spiro atoms. The summed E-state index contributed by atoms with van der Waals surface area (Å²) in [5.74, 6) is -0.0919. The topological polar surface area (TPSA) is 69.9 Å². The van der Waals surface area contributed by atoms with E-state index in [2.05, 4.69) is 14.8 Å². The molecule has 3 aromatic rings. The molecule has 4 rings (SSSR count). The summed E-state index contributed by atoms with van der Waals surface area (Å²) in [4.78, 5) is 12.5. The average Bonchev–Trinajstić information content (AvgIpc) is 3.23. The normalized spacial score (nSPS) is 14.0. The van der Waals surface area contributed by atoms with Gasteiger partial charge in [-0.05, 0) is 30.3 Å². The van der Waals surface area contributed by atoms with E-state index in [0.29, 0.717) is 11.3 Å². The Hall–Kier alpha value is -3.55. The summed E-state index contributed by atoms with van der Waals surface area (Å²) in [5.41, 5.74) is 0.801. The zero-order valence-corrected chi connectivity index (χ0v) is 13.8. The third kappa shape index (κ3) is 3.69. The summed E-state index contributed by atoms with van der Waals surface area (Å²) in [6, 6.07) is 14.7. The predicted molar refractivity (Wildman–Crippen MR) is 90.1 cm³/mol. The molecule has 8 heteroatoms. The van der Waals surface area contributed by atoms with Gasteiger partial charge in [-0.15, -0.1) is 8.78 Å². The maximum atomic E-state index is 13.1. The molecule has 6 nitrogen and oxygen atoms in total. The second-order valence-electron chi connectivity index (χ2n) is 5.66. The number of halogens is 2. The van der Waals surface area contributed by atoms with Crippen molar-refractivity contribution in [2.75, 3.05) is 5.32 Å². The van der Waals surface area contributed by atoms with E-state index in [9.17, 15) is 13.6 Å². The lowest BCUT2D eigenvalue weighted by atomic mass is 10.2. The number of nitrogens with one attached hydrogen (secondary N) is 1. The second kappa shape index (κ2) is 6.64. The number of ether oxygens (including phenoxy) is 3. The van der Waals surface area contributed by atoms with E-state index in [1.807, 2.05) is 18.2 Å². The van der Waals surface area contributed by atoms with Crippen molar-refractivity contribution in [3.05, 3.63) is 72.2 Å². The first-order valence-corrected chi connectivity index (χ1v) is 7.96. The Morgan fingerprint density at radius 2 is 1.81 bits per heavy atom. The van der Waals surface area contributed by atoms with E-state index in [4.69, 9.17) is 9.15 Å². The summed E-state index contributed by atoms with van der Waals surface area (Å²) in [6.45, 7) is 0.136. The van der Waals surface area contributed by atoms with E-state index < -0.39 is 12.2 Å². The molecular formula is C19H13F2NO5. The van der Waals surface area contributed by atoms with Crippen molar-refractivity contribution in [1.29, 1.82) is 0 Å². The smallest absolute Gasteiger partial charge is 0.489 e. The van der Waals surface area contributed by atoms with Crippen LogP contribution in [0.3, 0.4) is 0 Å². The first-order valence-electron chi connectivity index (χ1n) is 7.96. The number of hydrogen-bond acceptors (Lipinski definition) is 5. The van der Waals surface area contributed by atoms with Crippen LogP contribution in [0.5, 0.6) is 17.2 Å². The van der Waals surface area contributed by atoms with Crippen LogP contribution in [0.25, 0.3) is 0 Å². The Morgan fingerprint density at radius 1 is 1.04 bits per heavy atom. The Bertz CT molecular complexity index is 971. The Kier molecular flexibility index (Phi) is 4.15. The van der Waals surface area contributed by atoms with Crippen molar-refractivity contribution in [1.82, 2.24) is 0 Å². The van der Waals surface area contributed by atoms with Gasteiger partial charge in [0.15, 0.2) is 17.3 Å². The van der Waals surface area contributed by atoms with Gasteiger partial charge in [0.2, 0.25) is 0 Å². The SMILES string of the molecule is O=C(Nc1ccc2c(c1)OC(F)(F)O2)c1occc1COc1ccccc1. The molecule has 0 fully saturated rings. The molecule has 0 radical (unpaired) electrons. The maximum Gasteiger partial charge on any atom is 0.586 e. The number of anilines is 1. The molecule has 1 aromatic heterocycles. The molecule has 2 heterocycles. The van der Waals surface area contributed by atoms with E-state index in [1.54, 1.807) is 18.2 Å². The Balaban J connectivity index is 1.45. The molecule has 27 heavy (non-hydrogen) atoms. The summed E-state index contributed by atoms with van der Waals surface area (Å²) >= 11 is 0. The van der Waals surface area contributed by atoms with Crippen LogP contribution in [0.4, 0.5) is 14.5 Å². The van der Waals surface area contributed by atoms with Gasteiger partial charge < -0.3 is 23.9 Å². The highest BCUT2D eigenvalue weighted by atomic mass is 19.3. The van der Waals surface area contributed by atoms with Gasteiger partial charge in [-0.2, -0.15) is 0 Å². The minimum atomic E-state index is -3.71. The number of hydrogen-bond donors (Lipinski definition) is 1. The highest BCUT2D eigenvalue weighted by Crippen LogP contribution is 2.42. The number of para-hydroxylation sites is 1. The first-order chi connectivity index (χ1) is 13.0. The maximum absolute atomic E-state index is 13.1. The zero-order chi connectivity index (χ0) is 18.9. The van der Waals surface area contributed by atoms with Gasteiger partial charge in [0.1, 0.15) is 12.4 Å². The summed E-state index contributed by atoms with van der Waals surface area (Å²) in [5, 5.41) is 2.57. The van der Waals surface area contributed by atoms with Crippen LogP contribution in [0.2, 0.25) is 0 Å². The standard InChI is InChI=1S/C19H13F2NO5/c20-19(21)26-15-7-6-13(10-16(15)27-19)22-18(23)17-12(8-9-24-17)11-25-14-4-2-1-3-5-14/h1-10H,11H2,(H,22,23). The lowest BCUT2D eigenvalue weighted by Crippen LogP contribution is -2.25. The average molecular weight is 373 g/mol. The highest BCUT2D eigenvalue weighted by molar-refractivity contribution is 6.03. The number of benzene rings is 2. The summed E-state index contributed by atoms with van der Waals surface area (Å²) < 4.78 is 45.7. The third-order valence-corrected chi connectivity index (χ3v) is 3.75. The predicted octanol–water partition coefficient (Wildman–Crippen LogP) is 4.43. The Morgan fingerprint density at radius 3 is 2.63 bits per heavy atom. The Labute approximate surface area is 152 Å². The number of rotatable bonds is 5. The van der Waals surface area contributed by atoms with Crippen molar-refractivity contribution in [3.8, 4) is 17.2 Å². The van der Waals surface area contributed by atoms with Crippen LogP contribution in [-0.2, 0) is 6.61 Å².